The highest BCUT2D eigenvalue weighted by Crippen LogP contribution is 2.11. The summed E-state index contributed by atoms with van der Waals surface area (Å²) in [5, 5.41) is 3.53. The zero-order valence-electron chi connectivity index (χ0n) is 10.5. The van der Waals surface area contributed by atoms with Gasteiger partial charge >= 0.3 is 0 Å². The van der Waals surface area contributed by atoms with Gasteiger partial charge in [-0.2, -0.15) is 0 Å². The Balaban J connectivity index is 2.09. The molecular weight excluding hydrogens is 188 g/mol. The molecule has 1 fully saturated rings. The minimum Gasteiger partial charge on any atom is -0.381 e. The second-order valence-electron chi connectivity index (χ2n) is 4.59. The molecule has 1 atom stereocenters. The molecule has 1 aliphatic heterocycles. The number of ether oxygens (including phenoxy) is 1. The average molecular weight is 214 g/mol. The average Bonchev–Trinajstić information content (AvgIpc) is 2.29. The lowest BCUT2D eigenvalue weighted by Crippen LogP contribution is -2.41. The smallest absolute Gasteiger partial charge is 0.0480 e. The van der Waals surface area contributed by atoms with Gasteiger partial charge in [0.15, 0.2) is 0 Å². The highest BCUT2D eigenvalue weighted by Gasteiger charge is 2.17. The molecule has 0 aromatic rings. The van der Waals surface area contributed by atoms with Crippen molar-refractivity contribution in [1.82, 2.24) is 10.2 Å². The van der Waals surface area contributed by atoms with Gasteiger partial charge in [0.05, 0.1) is 0 Å². The Bertz CT molecular complexity index is 158. The lowest BCUT2D eigenvalue weighted by molar-refractivity contribution is 0.0432. The zero-order chi connectivity index (χ0) is 11.1. The van der Waals surface area contributed by atoms with Crippen LogP contribution in [0.15, 0.2) is 0 Å². The van der Waals surface area contributed by atoms with E-state index in [-0.39, 0.29) is 0 Å². The maximum absolute atomic E-state index is 5.37. The number of hydrogen-bond donors (Lipinski definition) is 1. The largest absolute Gasteiger partial charge is 0.381 e. The fourth-order valence-electron chi connectivity index (χ4n) is 1.94. The molecule has 0 amide bonds. The Morgan fingerprint density at radius 2 is 2.07 bits per heavy atom. The van der Waals surface area contributed by atoms with Crippen molar-refractivity contribution in [2.45, 2.75) is 45.2 Å². The van der Waals surface area contributed by atoms with Crippen LogP contribution in [0.2, 0.25) is 0 Å². The lowest BCUT2D eigenvalue weighted by atomic mass is 10.1. The number of likely N-dealkylation sites (N-methyl/N-ethyl adjacent to an activating group) is 1. The van der Waals surface area contributed by atoms with Crippen LogP contribution < -0.4 is 5.32 Å². The fraction of sp³-hybridized carbons (Fsp3) is 1.00. The molecule has 0 aromatic heterocycles. The van der Waals surface area contributed by atoms with Gasteiger partial charge in [-0.3, -0.25) is 0 Å². The number of nitrogens with one attached hydrogen (secondary N) is 1. The van der Waals surface area contributed by atoms with Crippen molar-refractivity contribution in [3.8, 4) is 0 Å². The van der Waals surface area contributed by atoms with Gasteiger partial charge in [0.1, 0.15) is 0 Å². The van der Waals surface area contributed by atoms with Gasteiger partial charge in [-0.25, -0.2) is 0 Å². The van der Waals surface area contributed by atoms with Crippen molar-refractivity contribution in [1.29, 1.82) is 0 Å². The summed E-state index contributed by atoms with van der Waals surface area (Å²) in [6.07, 6.45) is 3.60. The molecule has 15 heavy (non-hydrogen) atoms. The molecule has 3 nitrogen and oxygen atoms in total. The molecule has 0 bridgehead atoms. The molecule has 0 spiro atoms. The second kappa shape index (κ2) is 7.20. The van der Waals surface area contributed by atoms with Gasteiger partial charge in [-0.05, 0) is 33.2 Å². The van der Waals surface area contributed by atoms with Crippen LogP contribution in [-0.4, -0.2) is 50.3 Å². The van der Waals surface area contributed by atoms with E-state index in [9.17, 15) is 0 Å². The maximum Gasteiger partial charge on any atom is 0.0480 e. The van der Waals surface area contributed by atoms with E-state index >= 15 is 0 Å². The standard InChI is InChI=1S/C12H26N2O/c1-4-11(2)13-7-8-14(3)12-5-9-15-10-6-12/h11-13H,4-10H2,1-3H3. The number of rotatable bonds is 6. The van der Waals surface area contributed by atoms with E-state index in [0.717, 1.165) is 32.3 Å². The minimum atomic E-state index is 0.646. The van der Waals surface area contributed by atoms with E-state index in [1.165, 1.54) is 19.3 Å². The summed E-state index contributed by atoms with van der Waals surface area (Å²) in [4.78, 5) is 2.47. The second-order valence-corrected chi connectivity index (χ2v) is 4.59. The van der Waals surface area contributed by atoms with Gasteiger partial charge in [-0.15, -0.1) is 0 Å². The van der Waals surface area contributed by atoms with Crippen molar-refractivity contribution >= 4 is 0 Å². The third-order valence-electron chi connectivity index (χ3n) is 3.38. The molecule has 1 unspecified atom stereocenters. The van der Waals surface area contributed by atoms with E-state index in [2.05, 4.69) is 31.1 Å². The molecule has 1 saturated heterocycles. The first-order chi connectivity index (χ1) is 7.24. The van der Waals surface area contributed by atoms with E-state index < -0.39 is 0 Å². The molecule has 0 aliphatic carbocycles. The Kier molecular flexibility index (Phi) is 6.22. The highest BCUT2D eigenvalue weighted by atomic mass is 16.5. The van der Waals surface area contributed by atoms with Crippen LogP contribution in [0.3, 0.4) is 0 Å². The number of nitrogens with zero attached hydrogens (tertiary/aromatic N) is 1. The van der Waals surface area contributed by atoms with Crippen LogP contribution in [0.25, 0.3) is 0 Å². The first kappa shape index (κ1) is 12.9. The Morgan fingerprint density at radius 3 is 2.67 bits per heavy atom. The molecule has 3 heteroatoms. The van der Waals surface area contributed by atoms with Crippen LogP contribution in [0.1, 0.15) is 33.1 Å². The molecule has 0 radical (unpaired) electrons. The van der Waals surface area contributed by atoms with Crippen molar-refractivity contribution in [3.63, 3.8) is 0 Å². The topological polar surface area (TPSA) is 24.5 Å². The molecule has 1 aliphatic rings. The molecule has 1 N–H and O–H groups in total. The Labute approximate surface area is 94.2 Å². The van der Waals surface area contributed by atoms with Crippen molar-refractivity contribution in [2.24, 2.45) is 0 Å². The third-order valence-corrected chi connectivity index (χ3v) is 3.38. The first-order valence-electron chi connectivity index (χ1n) is 6.25. The van der Waals surface area contributed by atoms with Crippen molar-refractivity contribution < 1.29 is 4.74 Å². The molecule has 1 heterocycles. The maximum atomic E-state index is 5.37. The summed E-state index contributed by atoms with van der Waals surface area (Å²) < 4.78 is 5.37. The summed E-state index contributed by atoms with van der Waals surface area (Å²) in [6, 6.07) is 1.38. The predicted molar refractivity (Wildman–Crippen MR) is 64.2 cm³/mol. The number of hydrogen-bond acceptors (Lipinski definition) is 3. The summed E-state index contributed by atoms with van der Waals surface area (Å²) in [5.41, 5.74) is 0. The molecular formula is C12H26N2O. The first-order valence-corrected chi connectivity index (χ1v) is 6.25. The highest BCUT2D eigenvalue weighted by molar-refractivity contribution is 4.72. The normalized spacial score (nSPS) is 20.8. The van der Waals surface area contributed by atoms with Crippen LogP contribution >= 0.6 is 0 Å². The minimum absolute atomic E-state index is 0.646. The monoisotopic (exact) mass is 214 g/mol. The predicted octanol–water partition coefficient (Wildman–Crippen LogP) is 1.49. The van der Waals surface area contributed by atoms with Gasteiger partial charge in [0.2, 0.25) is 0 Å². The summed E-state index contributed by atoms with van der Waals surface area (Å²) in [7, 11) is 2.23. The van der Waals surface area contributed by atoms with Gasteiger partial charge in [0, 0.05) is 38.4 Å². The van der Waals surface area contributed by atoms with E-state index in [4.69, 9.17) is 4.74 Å². The molecule has 0 saturated carbocycles. The quantitative estimate of drug-likeness (QED) is 0.725. The van der Waals surface area contributed by atoms with E-state index in [1.807, 2.05) is 0 Å². The van der Waals surface area contributed by atoms with Crippen LogP contribution in [0, 0.1) is 0 Å². The van der Waals surface area contributed by atoms with E-state index in [1.54, 1.807) is 0 Å². The zero-order valence-corrected chi connectivity index (χ0v) is 10.5. The van der Waals surface area contributed by atoms with Gasteiger partial charge < -0.3 is 15.0 Å². The Hall–Kier alpha value is -0.120. The fourth-order valence-corrected chi connectivity index (χ4v) is 1.94. The lowest BCUT2D eigenvalue weighted by Gasteiger charge is -2.31. The third kappa shape index (κ3) is 4.96. The van der Waals surface area contributed by atoms with Crippen molar-refractivity contribution in [3.05, 3.63) is 0 Å². The summed E-state index contributed by atoms with van der Waals surface area (Å²) in [6.45, 7) is 8.59. The Morgan fingerprint density at radius 1 is 1.40 bits per heavy atom. The van der Waals surface area contributed by atoms with Crippen molar-refractivity contribution in [2.75, 3.05) is 33.4 Å². The summed E-state index contributed by atoms with van der Waals surface area (Å²) in [5.74, 6) is 0. The summed E-state index contributed by atoms with van der Waals surface area (Å²) >= 11 is 0. The van der Waals surface area contributed by atoms with Crippen LogP contribution in [0.4, 0.5) is 0 Å². The van der Waals surface area contributed by atoms with Crippen LogP contribution in [-0.2, 0) is 4.74 Å². The SMILES string of the molecule is CCC(C)NCCN(C)C1CCOCC1. The molecule has 1 rings (SSSR count). The molecule has 90 valence electrons. The van der Waals surface area contributed by atoms with E-state index in [0.29, 0.717) is 6.04 Å². The molecule has 0 aromatic carbocycles. The van der Waals surface area contributed by atoms with Gasteiger partial charge in [0.25, 0.3) is 0 Å². The van der Waals surface area contributed by atoms with Crippen LogP contribution in [0.5, 0.6) is 0 Å². The van der Waals surface area contributed by atoms with Gasteiger partial charge in [-0.1, -0.05) is 6.92 Å².